The lowest BCUT2D eigenvalue weighted by molar-refractivity contribution is -0.385. The molecule has 0 bridgehead atoms. The van der Waals surface area contributed by atoms with Gasteiger partial charge < -0.3 is 52.6 Å². The summed E-state index contributed by atoms with van der Waals surface area (Å²) >= 11 is 4.93. The lowest BCUT2D eigenvalue weighted by Crippen LogP contribution is -2.36. The zero-order valence-electron chi connectivity index (χ0n) is 73.4. The number of ether oxygens (including phenoxy) is 1. The van der Waals surface area contributed by atoms with E-state index in [2.05, 4.69) is 84.9 Å². The third-order valence-corrected chi connectivity index (χ3v) is 30.8. The Kier molecular flexibility index (Phi) is 30.6. The van der Waals surface area contributed by atoms with E-state index in [0.29, 0.717) is 57.5 Å². The minimum Gasteiger partial charge on any atom is -0.505 e. The minimum atomic E-state index is -4.39. The first-order chi connectivity index (χ1) is 66.5. The highest BCUT2D eigenvalue weighted by atomic mass is 35.7. The summed E-state index contributed by atoms with van der Waals surface area (Å²) in [5.74, 6) is -2.52. The van der Waals surface area contributed by atoms with Crippen LogP contribution in [0.3, 0.4) is 0 Å². The summed E-state index contributed by atoms with van der Waals surface area (Å²) < 4.78 is 164. The number of thiazole rings is 4. The number of non-ortho nitro benzene ring substituents is 2. The smallest absolute Gasteiger partial charge is 0.347 e. The van der Waals surface area contributed by atoms with E-state index in [1.165, 1.54) is 119 Å². The lowest BCUT2D eigenvalue weighted by Gasteiger charge is -2.26. The standard InChI is InChI=1S/C20H20N6O6S3.C19H16N6O6S2.C19H18N6O4S2.C15H17N3O4S.C6H7N3O4S.CH3ClO2S/c1-34(29,30)24-12-5-6-13-15(7-12)35(31,32)25-19(22-13)16-18(27)17(14-8-21-10-33-14)23-26(20(16)28)9-11-3-2-4-11;26-17-15(18-21-12-5-4-11(25(28)29)6-14(12)33(30,31)23-18)19(27)24(8-10-2-1-3-10)22-16(17)13-7-20-9-32-13;20-11-4-5-12-14(6-11)31(28,29)24-18(22-12)15-17(26)16(13-7-21-9-30-13)23-25(19(15)27)8-10-2-1-3-10;1-2-22-15(21)11-13(19)12(10-6-16-8-23-10)17-18(14(11)20)7-9-4-3-5-9;7-5-2-1-4(9(10)11)3-6(5)14(8,12)13;1-5(2,3)4/h5-8,10-11,24,27H,2-4,9H2,1H3,(H,22,25);4-7,9-10,26H,1-3,8H2,(H,21,23);4-7,9-10,26H,1-3,8,20H2,(H,22,24);6,8-9,19H,2-5,7H2,1H3;1-3H,7H2,(H2,8,12,13);1H3. The van der Waals surface area contributed by atoms with Crippen molar-refractivity contribution in [3.8, 4) is 65.3 Å². The average Bonchev–Trinajstić information content (AvgIpc) is 1.07. The largest absolute Gasteiger partial charge is 0.505 e. The average molecular weight is 2150 g/mol. The second-order valence-corrected chi connectivity index (χ2v) is 46.8. The summed E-state index contributed by atoms with van der Waals surface area (Å²) in [5, 5.41) is 95.1. The number of nitro groups is 2. The molecule has 744 valence electrons. The number of carbonyl (C=O) groups is 1. The van der Waals surface area contributed by atoms with Gasteiger partial charge in [0.25, 0.3) is 63.7 Å². The second-order valence-electron chi connectivity index (χ2n) is 32.2. The predicted molar refractivity (Wildman–Crippen MR) is 521 cm³/mol. The first kappa shape index (κ1) is 103. The van der Waals surface area contributed by atoms with E-state index in [1.54, 1.807) is 35.2 Å². The van der Waals surface area contributed by atoms with Crippen molar-refractivity contribution < 1.29 is 90.3 Å². The van der Waals surface area contributed by atoms with Gasteiger partial charge in [0.1, 0.15) is 59.0 Å². The first-order valence-electron chi connectivity index (χ1n) is 41.7. The number of nitrogens with zero attached hydrogens (tertiary/aromatic N) is 17. The number of hydrogen-bond acceptors (Lipinski definition) is 43. The number of aromatic hydroxyl groups is 4. The van der Waals surface area contributed by atoms with Gasteiger partial charge in [-0.15, -0.1) is 58.5 Å². The van der Waals surface area contributed by atoms with Gasteiger partial charge in [0.2, 0.25) is 29.1 Å². The van der Waals surface area contributed by atoms with E-state index >= 15 is 0 Å². The van der Waals surface area contributed by atoms with Gasteiger partial charge in [0, 0.05) is 97.3 Å². The number of halogens is 1. The van der Waals surface area contributed by atoms with Crippen LogP contribution in [0.1, 0.15) is 111 Å². The minimum absolute atomic E-state index is 0.00564. The molecule has 3 aliphatic heterocycles. The molecule has 19 rings (SSSR count). The zero-order valence-corrected chi connectivity index (χ0v) is 82.4. The number of nitro benzene ring substituents is 2. The van der Waals surface area contributed by atoms with Crippen LogP contribution in [0, 0.1) is 43.9 Å². The zero-order chi connectivity index (χ0) is 102. The van der Waals surface area contributed by atoms with Crippen molar-refractivity contribution in [1.82, 2.24) is 59.1 Å². The molecule has 4 aliphatic carbocycles. The Balaban J connectivity index is 0.000000142. The molecule has 0 saturated heterocycles. The molecule has 12 aromatic rings. The van der Waals surface area contributed by atoms with Crippen LogP contribution in [-0.2, 0) is 90.1 Å². The maximum absolute atomic E-state index is 13.4. The van der Waals surface area contributed by atoms with Crippen LogP contribution >= 0.6 is 56.0 Å². The van der Waals surface area contributed by atoms with Crippen molar-refractivity contribution in [2.75, 3.05) is 51.3 Å². The number of hydrogen-bond donors (Lipinski definition) is 11. The number of nitrogens with two attached hydrogens (primary N) is 3. The van der Waals surface area contributed by atoms with Crippen molar-refractivity contribution >= 4 is 184 Å². The molecule has 7 aliphatic rings. The Hall–Kier alpha value is -13.9. The molecule has 11 heterocycles. The van der Waals surface area contributed by atoms with Crippen LogP contribution < -0.4 is 59.5 Å². The summed E-state index contributed by atoms with van der Waals surface area (Å²) in [6.07, 6.45) is 20.1. The van der Waals surface area contributed by atoms with E-state index in [0.717, 1.165) is 126 Å². The molecule has 8 aromatic heterocycles. The predicted octanol–water partition coefficient (Wildman–Crippen LogP) is 8.22. The fourth-order valence-electron chi connectivity index (χ4n) is 14.5. The molecular weight excluding hydrogens is 2070 g/mol. The maximum atomic E-state index is 13.4. The van der Waals surface area contributed by atoms with Crippen LogP contribution in [0.5, 0.6) is 23.0 Å². The van der Waals surface area contributed by atoms with Gasteiger partial charge in [0.05, 0.1) is 93.3 Å². The molecule has 4 fully saturated rings. The van der Waals surface area contributed by atoms with E-state index in [9.17, 15) is 115 Å². The molecule has 0 spiro atoms. The lowest BCUT2D eigenvalue weighted by atomic mass is 9.85. The highest BCUT2D eigenvalue weighted by Crippen LogP contribution is 2.43. The van der Waals surface area contributed by atoms with Crippen molar-refractivity contribution in [3.63, 3.8) is 0 Å². The third kappa shape index (κ3) is 23.9. The number of carbonyl (C=O) groups excluding carboxylic acids is 1. The molecule has 0 amide bonds. The molecule has 4 saturated carbocycles. The number of nitrogen functional groups attached to an aromatic ring is 2. The Morgan fingerprint density at radius 3 is 1.13 bits per heavy atom. The van der Waals surface area contributed by atoms with Crippen LogP contribution in [0.4, 0.5) is 45.5 Å². The number of fused-ring (bicyclic) bond motifs is 3. The van der Waals surface area contributed by atoms with Gasteiger partial charge in [-0.1, -0.05) is 25.7 Å². The molecule has 14 N–H and O–H groups in total. The fourth-order valence-corrected chi connectivity index (χ4v) is 21.6. The maximum Gasteiger partial charge on any atom is 0.347 e. The van der Waals surface area contributed by atoms with Crippen LogP contribution in [0.25, 0.3) is 42.3 Å². The van der Waals surface area contributed by atoms with Gasteiger partial charge in [0.15, 0.2) is 46.1 Å². The summed E-state index contributed by atoms with van der Waals surface area (Å²) in [4.78, 5) is 101. The first-order valence-corrected chi connectivity index (χ1v) is 55.7. The summed E-state index contributed by atoms with van der Waals surface area (Å²) in [6.45, 7) is 3.24. The third-order valence-electron chi connectivity index (χ3n) is 22.2. The van der Waals surface area contributed by atoms with Gasteiger partial charge in [-0.2, -0.15) is 45.6 Å². The van der Waals surface area contributed by atoms with E-state index in [1.807, 2.05) is 0 Å². The van der Waals surface area contributed by atoms with Gasteiger partial charge in [-0.25, -0.2) is 53.9 Å². The van der Waals surface area contributed by atoms with Crippen LogP contribution in [0.15, 0.2) is 172 Å². The fraction of sp³-hybridized carbons (Fsp3) is 0.300. The highest BCUT2D eigenvalue weighted by molar-refractivity contribution is 8.13. The van der Waals surface area contributed by atoms with E-state index in [4.69, 9.17) is 21.3 Å². The molecule has 50 nitrogen and oxygen atoms in total. The summed E-state index contributed by atoms with van der Waals surface area (Å²) in [6, 6.07) is 14.5. The van der Waals surface area contributed by atoms with E-state index < -0.39 is 136 Å². The van der Waals surface area contributed by atoms with Crippen molar-refractivity contribution in [2.24, 2.45) is 42.0 Å². The van der Waals surface area contributed by atoms with Crippen LogP contribution in [-0.4, -0.2) is 182 Å². The van der Waals surface area contributed by atoms with Crippen molar-refractivity contribution in [2.45, 2.75) is 130 Å². The Labute approximate surface area is 819 Å². The molecular formula is C80H81ClN24O26S10. The number of sulfonamides is 5. The number of primary sulfonamides is 1. The molecule has 61 heteroatoms. The number of benzene rings is 4. The molecule has 141 heavy (non-hydrogen) atoms. The number of anilines is 6. The monoisotopic (exact) mass is 2150 g/mol. The van der Waals surface area contributed by atoms with E-state index in [-0.39, 0.29) is 131 Å². The van der Waals surface area contributed by atoms with Crippen molar-refractivity contribution in [3.05, 3.63) is 204 Å². The number of amidine groups is 3. The normalized spacial score (nSPS) is 15.9. The summed E-state index contributed by atoms with van der Waals surface area (Å²) in [7, 11) is -19.2. The molecule has 0 atom stereocenters. The Morgan fingerprint density at radius 2 is 0.816 bits per heavy atom. The molecule has 0 unspecified atom stereocenters. The molecule has 4 aromatic carbocycles. The van der Waals surface area contributed by atoms with Gasteiger partial charge >= 0.3 is 5.97 Å². The number of rotatable bonds is 22. The number of esters is 1. The number of aromatic nitrogens is 12. The van der Waals surface area contributed by atoms with Gasteiger partial charge in [-0.05, 0) is 130 Å². The van der Waals surface area contributed by atoms with Crippen molar-refractivity contribution in [1.29, 1.82) is 0 Å². The Morgan fingerprint density at radius 1 is 0.496 bits per heavy atom. The highest BCUT2D eigenvalue weighted by Gasteiger charge is 2.39. The SMILES string of the molecule is CCOC(=O)c1c(O)c(-c2cncs2)nn(CC2CCC2)c1=O.CS(=O)(=O)Cl.CS(=O)(=O)Nc1ccc2c(c1)S(=O)(=O)N=C(c1c(O)c(-c3cncs3)nn(CC3CCC3)c1=O)N2.Nc1ccc([N+](=O)[O-])cc1S(N)(=O)=O.Nc1ccc2c(c1)S(=O)(=O)N=C(c1c(O)c(-c3cncs3)nn(CC3CCC3)c1=O)N2.O=c1c(C2=NS(=O)(=O)c3cc([N+](=O)[O-])ccc3N2)c(O)c(-c2cncs2)nn1CC1CCC1. The number of nitrogens with one attached hydrogen (secondary N) is 4. The second kappa shape index (κ2) is 41.9. The van der Waals surface area contributed by atoms with Gasteiger partial charge in [-0.3, -0.25) is 64.1 Å². The quantitative estimate of drug-likeness (QED) is 0.01000. The topological polar surface area (TPSA) is 753 Å². The Bertz CT molecular complexity index is 8050. The van der Waals surface area contributed by atoms with Crippen LogP contribution in [0.2, 0.25) is 0 Å². The summed E-state index contributed by atoms with van der Waals surface area (Å²) in [5.41, 5.74) is 13.6. The molecule has 0 radical (unpaired) electrons.